The van der Waals surface area contributed by atoms with Crippen LogP contribution in [0, 0.1) is 6.92 Å². The van der Waals surface area contributed by atoms with E-state index in [0.29, 0.717) is 29.6 Å². The lowest BCUT2D eigenvalue weighted by Crippen LogP contribution is -2.23. The maximum Gasteiger partial charge on any atom is 0.258 e. The van der Waals surface area contributed by atoms with Crippen LogP contribution in [0.15, 0.2) is 47.2 Å². The highest BCUT2D eigenvalue weighted by Crippen LogP contribution is 2.32. The Balaban J connectivity index is 1.40. The molecule has 2 N–H and O–H groups in total. The van der Waals surface area contributed by atoms with Crippen molar-refractivity contribution in [3.8, 4) is 11.5 Å². The smallest absolute Gasteiger partial charge is 0.258 e. The molecule has 28 heavy (non-hydrogen) atoms. The van der Waals surface area contributed by atoms with Crippen LogP contribution in [-0.4, -0.2) is 28.7 Å². The van der Waals surface area contributed by atoms with Crippen LogP contribution in [0.3, 0.4) is 0 Å². The number of ether oxygens (including phenoxy) is 2. The summed E-state index contributed by atoms with van der Waals surface area (Å²) in [6.07, 6.45) is 2.77. The number of rotatable bonds is 5. The van der Waals surface area contributed by atoms with Crippen molar-refractivity contribution in [3.63, 3.8) is 0 Å². The fourth-order valence-electron chi connectivity index (χ4n) is 2.64. The van der Waals surface area contributed by atoms with E-state index in [1.165, 1.54) is 18.5 Å². The number of carbonyl (C=O) groups excluding carboxylic acids is 2. The maximum atomic E-state index is 12.4. The highest BCUT2D eigenvalue weighted by molar-refractivity contribution is 6.05. The van der Waals surface area contributed by atoms with Gasteiger partial charge in [0.15, 0.2) is 17.3 Å². The molecule has 2 aromatic heterocycles. The molecule has 3 heterocycles. The Morgan fingerprint density at radius 2 is 1.82 bits per heavy atom. The van der Waals surface area contributed by atoms with Gasteiger partial charge in [-0.2, -0.15) is 0 Å². The molecule has 1 aliphatic rings. The van der Waals surface area contributed by atoms with Crippen LogP contribution in [0.2, 0.25) is 0 Å². The second-order valence-electron chi connectivity index (χ2n) is 6.11. The van der Waals surface area contributed by atoms with Crippen molar-refractivity contribution in [2.75, 3.05) is 12.1 Å². The van der Waals surface area contributed by atoms with Gasteiger partial charge in [-0.05, 0) is 30.7 Å². The number of aryl methyl sites for hydroxylation is 1. The number of benzene rings is 1. The Morgan fingerprint density at radius 3 is 2.61 bits per heavy atom. The molecule has 0 radical (unpaired) electrons. The molecule has 0 spiro atoms. The monoisotopic (exact) mass is 380 g/mol. The number of aromatic nitrogens is 2. The summed E-state index contributed by atoms with van der Waals surface area (Å²) in [6.45, 7) is 2.21. The van der Waals surface area contributed by atoms with E-state index in [-0.39, 0.29) is 23.8 Å². The van der Waals surface area contributed by atoms with Gasteiger partial charge in [0.2, 0.25) is 6.79 Å². The highest BCUT2D eigenvalue weighted by atomic mass is 16.7. The quantitative estimate of drug-likeness (QED) is 0.698. The van der Waals surface area contributed by atoms with Crippen molar-refractivity contribution in [1.29, 1.82) is 0 Å². The molecule has 0 bridgehead atoms. The van der Waals surface area contributed by atoms with Crippen LogP contribution in [-0.2, 0) is 6.54 Å². The minimum atomic E-state index is -0.439. The van der Waals surface area contributed by atoms with Gasteiger partial charge in [0.1, 0.15) is 5.76 Å². The van der Waals surface area contributed by atoms with Gasteiger partial charge in [0, 0.05) is 25.0 Å². The fraction of sp³-hybridized carbons (Fsp3) is 0.158. The lowest BCUT2D eigenvalue weighted by atomic mass is 10.1. The molecular formula is C19H16N4O5. The van der Waals surface area contributed by atoms with E-state index >= 15 is 0 Å². The Hall–Kier alpha value is -3.88. The highest BCUT2D eigenvalue weighted by Gasteiger charge is 2.15. The van der Waals surface area contributed by atoms with E-state index in [4.69, 9.17) is 14.0 Å². The third-order valence-electron chi connectivity index (χ3n) is 4.02. The maximum absolute atomic E-state index is 12.4. The topological polar surface area (TPSA) is 116 Å². The number of anilines is 1. The van der Waals surface area contributed by atoms with E-state index in [2.05, 4.69) is 20.8 Å². The van der Waals surface area contributed by atoms with Crippen molar-refractivity contribution in [3.05, 3.63) is 65.2 Å². The number of nitrogens with one attached hydrogen (secondary N) is 2. The first kappa shape index (κ1) is 17.5. The van der Waals surface area contributed by atoms with Gasteiger partial charge in [-0.3, -0.25) is 14.6 Å². The minimum Gasteiger partial charge on any atom is -0.454 e. The molecule has 1 aromatic carbocycles. The predicted octanol–water partition coefficient (Wildman–Crippen LogP) is 2.29. The second-order valence-corrected chi connectivity index (χ2v) is 6.11. The molecular weight excluding hydrogens is 364 g/mol. The van der Waals surface area contributed by atoms with Gasteiger partial charge < -0.3 is 24.6 Å². The summed E-state index contributed by atoms with van der Waals surface area (Å²) in [7, 11) is 0. The van der Waals surface area contributed by atoms with Crippen LogP contribution >= 0.6 is 0 Å². The summed E-state index contributed by atoms with van der Waals surface area (Å²) in [5.41, 5.74) is 1.36. The van der Waals surface area contributed by atoms with E-state index in [0.717, 1.165) is 5.56 Å². The molecule has 4 rings (SSSR count). The van der Waals surface area contributed by atoms with Gasteiger partial charge in [-0.15, -0.1) is 0 Å². The molecule has 142 valence electrons. The summed E-state index contributed by atoms with van der Waals surface area (Å²) in [5, 5.41) is 9.08. The lowest BCUT2D eigenvalue weighted by molar-refractivity contribution is 0.0950. The third-order valence-corrected chi connectivity index (χ3v) is 4.02. The number of carbonyl (C=O) groups is 2. The summed E-state index contributed by atoms with van der Waals surface area (Å²) >= 11 is 0. The van der Waals surface area contributed by atoms with Gasteiger partial charge in [0.25, 0.3) is 11.8 Å². The number of nitrogens with zero attached hydrogens (tertiary/aromatic N) is 2. The zero-order valence-corrected chi connectivity index (χ0v) is 14.9. The standard InChI is InChI=1S/C19H16N4O5/c1-11-4-17(23-28-11)22-19(25)14-6-13(8-20-9-14)18(24)21-7-12-2-3-15-16(5-12)27-10-26-15/h2-6,8-9H,7,10H2,1H3,(H,21,24)(H,22,23,25). The molecule has 0 atom stereocenters. The van der Waals surface area contributed by atoms with Gasteiger partial charge in [0.05, 0.1) is 11.1 Å². The molecule has 0 aliphatic carbocycles. The Bertz CT molecular complexity index is 1050. The molecule has 0 unspecified atom stereocenters. The molecule has 9 nitrogen and oxygen atoms in total. The molecule has 3 aromatic rings. The zero-order valence-electron chi connectivity index (χ0n) is 14.9. The molecule has 0 saturated carbocycles. The first-order valence-electron chi connectivity index (χ1n) is 8.45. The first-order chi connectivity index (χ1) is 13.6. The Labute approximate surface area is 159 Å². The SMILES string of the molecule is Cc1cc(NC(=O)c2cncc(C(=O)NCc3ccc4c(c3)OCO4)c2)no1. The predicted molar refractivity (Wildman–Crippen MR) is 97.2 cm³/mol. The van der Waals surface area contributed by atoms with Crippen molar-refractivity contribution >= 4 is 17.6 Å². The van der Waals surface area contributed by atoms with Crippen molar-refractivity contribution in [1.82, 2.24) is 15.5 Å². The van der Waals surface area contributed by atoms with Crippen molar-refractivity contribution < 1.29 is 23.6 Å². The summed E-state index contributed by atoms with van der Waals surface area (Å²) < 4.78 is 15.5. The lowest BCUT2D eigenvalue weighted by Gasteiger charge is -2.07. The molecule has 0 saturated heterocycles. The average molecular weight is 380 g/mol. The average Bonchev–Trinajstić information content (AvgIpc) is 3.34. The van der Waals surface area contributed by atoms with Crippen LogP contribution < -0.4 is 20.1 Å². The zero-order chi connectivity index (χ0) is 19.5. The second kappa shape index (κ2) is 7.39. The van der Waals surface area contributed by atoms with E-state index in [9.17, 15) is 9.59 Å². The van der Waals surface area contributed by atoms with Gasteiger partial charge >= 0.3 is 0 Å². The molecule has 9 heteroatoms. The molecule has 2 amide bonds. The number of pyridine rings is 1. The van der Waals surface area contributed by atoms with Crippen LogP contribution in [0.5, 0.6) is 11.5 Å². The number of amides is 2. The minimum absolute atomic E-state index is 0.194. The van der Waals surface area contributed by atoms with Crippen LogP contribution in [0.25, 0.3) is 0 Å². The van der Waals surface area contributed by atoms with Crippen LogP contribution in [0.1, 0.15) is 32.0 Å². The molecule has 0 fully saturated rings. The summed E-state index contributed by atoms with van der Waals surface area (Å²) in [5.74, 6) is 1.41. The fourth-order valence-corrected chi connectivity index (χ4v) is 2.64. The third kappa shape index (κ3) is 3.78. The number of fused-ring (bicyclic) bond motifs is 1. The Morgan fingerprint density at radius 1 is 1.04 bits per heavy atom. The summed E-state index contributed by atoms with van der Waals surface area (Å²) in [6, 6.07) is 8.50. The van der Waals surface area contributed by atoms with E-state index < -0.39 is 5.91 Å². The number of hydrogen-bond donors (Lipinski definition) is 2. The Kier molecular flexibility index (Phi) is 4.63. The normalized spacial score (nSPS) is 11.9. The van der Waals surface area contributed by atoms with Gasteiger partial charge in [-0.1, -0.05) is 11.2 Å². The van der Waals surface area contributed by atoms with E-state index in [1.807, 2.05) is 12.1 Å². The summed E-state index contributed by atoms with van der Waals surface area (Å²) in [4.78, 5) is 28.7. The first-order valence-corrected chi connectivity index (χ1v) is 8.45. The molecule has 1 aliphatic heterocycles. The van der Waals surface area contributed by atoms with E-state index in [1.54, 1.807) is 19.1 Å². The van der Waals surface area contributed by atoms with Crippen LogP contribution in [0.4, 0.5) is 5.82 Å². The van der Waals surface area contributed by atoms with Gasteiger partial charge in [-0.25, -0.2) is 0 Å². The largest absolute Gasteiger partial charge is 0.454 e. The van der Waals surface area contributed by atoms with Crippen molar-refractivity contribution in [2.45, 2.75) is 13.5 Å². The van der Waals surface area contributed by atoms with Crippen molar-refractivity contribution in [2.24, 2.45) is 0 Å². The number of hydrogen-bond acceptors (Lipinski definition) is 7.